The van der Waals surface area contributed by atoms with Crippen LogP contribution >= 0.6 is 0 Å². The van der Waals surface area contributed by atoms with Gasteiger partial charge in [-0.2, -0.15) is 0 Å². The molecule has 0 aromatic rings. The van der Waals surface area contributed by atoms with E-state index >= 15 is 0 Å². The Labute approximate surface area is 82.8 Å². The number of amides is 1. The molecule has 2 aliphatic rings. The molecule has 0 bridgehead atoms. The first kappa shape index (κ1) is 8.75. The van der Waals surface area contributed by atoms with E-state index in [-0.39, 0.29) is 11.8 Å². The molecule has 0 saturated heterocycles. The summed E-state index contributed by atoms with van der Waals surface area (Å²) in [5.74, 6) is -0.112. The van der Waals surface area contributed by atoms with Crippen molar-refractivity contribution in [2.45, 2.75) is 0 Å². The molecule has 0 saturated carbocycles. The van der Waals surface area contributed by atoms with Gasteiger partial charge >= 0.3 is 0 Å². The summed E-state index contributed by atoms with van der Waals surface area (Å²) in [6.45, 7) is 0. The molecule has 2 N–H and O–H groups in total. The molecule has 0 aromatic carbocycles. The van der Waals surface area contributed by atoms with E-state index in [0.29, 0.717) is 5.57 Å². The highest BCUT2D eigenvalue weighted by atomic mass is 16.1. The topological polar surface area (TPSA) is 43.1 Å². The number of carbonyl (C=O) groups excluding carboxylic acids is 1. The van der Waals surface area contributed by atoms with Crippen molar-refractivity contribution in [2.75, 3.05) is 0 Å². The summed E-state index contributed by atoms with van der Waals surface area (Å²) in [6, 6.07) is 0. The predicted octanol–water partition coefficient (Wildman–Crippen LogP) is 1.64. The van der Waals surface area contributed by atoms with Crippen molar-refractivity contribution in [1.29, 1.82) is 0 Å². The Kier molecular flexibility index (Phi) is 2.19. The second kappa shape index (κ2) is 3.50. The Morgan fingerprint density at radius 3 is 2.79 bits per heavy atom. The predicted molar refractivity (Wildman–Crippen MR) is 56.3 cm³/mol. The van der Waals surface area contributed by atoms with E-state index in [4.69, 9.17) is 5.73 Å². The number of hydrogen-bond donors (Lipinski definition) is 1. The Balaban J connectivity index is 2.40. The maximum absolute atomic E-state index is 11.0. The number of nitrogens with two attached hydrogens (primary N) is 1. The van der Waals surface area contributed by atoms with Gasteiger partial charge in [-0.25, -0.2) is 0 Å². The SMILES string of the molecule is NC(=O)C1=CC=CC2C=CC=CC2=C1. The van der Waals surface area contributed by atoms with Crippen molar-refractivity contribution >= 4 is 5.91 Å². The van der Waals surface area contributed by atoms with Crippen LogP contribution in [0.4, 0.5) is 0 Å². The Morgan fingerprint density at radius 2 is 2.00 bits per heavy atom. The van der Waals surface area contributed by atoms with Gasteiger partial charge < -0.3 is 5.73 Å². The van der Waals surface area contributed by atoms with Gasteiger partial charge in [0.15, 0.2) is 0 Å². The number of primary amides is 1. The highest BCUT2D eigenvalue weighted by Crippen LogP contribution is 2.23. The number of carbonyl (C=O) groups is 1. The van der Waals surface area contributed by atoms with E-state index in [1.165, 1.54) is 0 Å². The summed E-state index contributed by atoms with van der Waals surface area (Å²) in [7, 11) is 0. The fraction of sp³-hybridized carbons (Fsp3) is 0.0833. The monoisotopic (exact) mass is 185 g/mol. The largest absolute Gasteiger partial charge is 0.366 e. The Bertz CT molecular complexity index is 408. The lowest BCUT2D eigenvalue weighted by Crippen LogP contribution is -2.12. The average molecular weight is 185 g/mol. The summed E-state index contributed by atoms with van der Waals surface area (Å²) < 4.78 is 0. The molecular formula is C12H11NO. The molecule has 0 heterocycles. The zero-order chi connectivity index (χ0) is 9.97. The van der Waals surface area contributed by atoms with Gasteiger partial charge in [0.1, 0.15) is 0 Å². The van der Waals surface area contributed by atoms with Crippen LogP contribution in [0, 0.1) is 5.92 Å². The molecule has 2 aliphatic carbocycles. The number of hydrogen-bond acceptors (Lipinski definition) is 1. The third kappa shape index (κ3) is 1.59. The zero-order valence-corrected chi connectivity index (χ0v) is 7.68. The number of rotatable bonds is 1. The third-order valence-electron chi connectivity index (χ3n) is 2.30. The van der Waals surface area contributed by atoms with Crippen LogP contribution in [-0.2, 0) is 4.79 Å². The number of fused-ring (bicyclic) bond motifs is 1. The molecule has 1 unspecified atom stereocenters. The second-order valence-corrected chi connectivity index (χ2v) is 3.29. The molecule has 0 spiro atoms. The van der Waals surface area contributed by atoms with Crippen molar-refractivity contribution in [3.05, 3.63) is 59.8 Å². The average Bonchev–Trinajstić information content (AvgIpc) is 2.39. The molecule has 1 amide bonds. The summed E-state index contributed by atoms with van der Waals surface area (Å²) in [5.41, 5.74) is 6.89. The highest BCUT2D eigenvalue weighted by Gasteiger charge is 2.12. The lowest BCUT2D eigenvalue weighted by molar-refractivity contribution is -0.114. The zero-order valence-electron chi connectivity index (χ0n) is 7.68. The lowest BCUT2D eigenvalue weighted by atomic mass is 9.94. The van der Waals surface area contributed by atoms with Crippen LogP contribution in [0.2, 0.25) is 0 Å². The normalized spacial score (nSPS) is 23.6. The molecule has 0 radical (unpaired) electrons. The van der Waals surface area contributed by atoms with Gasteiger partial charge in [0.2, 0.25) is 5.91 Å². The van der Waals surface area contributed by atoms with E-state index < -0.39 is 0 Å². The molecule has 70 valence electrons. The van der Waals surface area contributed by atoms with Gasteiger partial charge in [-0.3, -0.25) is 4.79 Å². The smallest absolute Gasteiger partial charge is 0.248 e. The summed E-state index contributed by atoms with van der Waals surface area (Å²) in [5, 5.41) is 0. The van der Waals surface area contributed by atoms with Gasteiger partial charge in [0, 0.05) is 11.5 Å². The minimum atomic E-state index is -0.384. The van der Waals surface area contributed by atoms with Gasteiger partial charge in [-0.1, -0.05) is 36.5 Å². The standard InChI is InChI=1S/C12H11NO/c13-12(14)11-7-3-6-9-4-1-2-5-10(9)8-11/h1-9H,(H2,13,14). The van der Waals surface area contributed by atoms with Crippen LogP contribution in [0.1, 0.15) is 0 Å². The lowest BCUT2D eigenvalue weighted by Gasteiger charge is -2.11. The molecular weight excluding hydrogens is 174 g/mol. The molecule has 0 aliphatic heterocycles. The summed E-state index contributed by atoms with van der Waals surface area (Å²) in [4.78, 5) is 11.0. The van der Waals surface area contributed by atoms with Crippen LogP contribution < -0.4 is 5.73 Å². The van der Waals surface area contributed by atoms with E-state index in [9.17, 15) is 4.79 Å². The van der Waals surface area contributed by atoms with Crippen LogP contribution in [0.3, 0.4) is 0 Å². The maximum atomic E-state index is 11.0. The first-order valence-electron chi connectivity index (χ1n) is 4.52. The van der Waals surface area contributed by atoms with E-state index in [2.05, 4.69) is 6.08 Å². The Hall–Kier alpha value is -1.83. The molecule has 2 rings (SSSR count). The molecule has 0 aromatic heterocycles. The van der Waals surface area contributed by atoms with Gasteiger partial charge in [0.25, 0.3) is 0 Å². The minimum Gasteiger partial charge on any atom is -0.366 e. The van der Waals surface area contributed by atoms with E-state index in [0.717, 1.165) is 5.57 Å². The van der Waals surface area contributed by atoms with E-state index in [1.54, 1.807) is 6.08 Å². The fourth-order valence-electron chi connectivity index (χ4n) is 1.55. The molecule has 2 nitrogen and oxygen atoms in total. The van der Waals surface area contributed by atoms with Crippen molar-refractivity contribution in [2.24, 2.45) is 11.7 Å². The van der Waals surface area contributed by atoms with Crippen molar-refractivity contribution in [3.63, 3.8) is 0 Å². The van der Waals surface area contributed by atoms with Crippen LogP contribution in [0.5, 0.6) is 0 Å². The quantitative estimate of drug-likeness (QED) is 0.663. The van der Waals surface area contributed by atoms with Crippen LogP contribution in [-0.4, -0.2) is 5.91 Å². The van der Waals surface area contributed by atoms with Crippen molar-refractivity contribution in [1.82, 2.24) is 0 Å². The first-order valence-corrected chi connectivity index (χ1v) is 4.52. The maximum Gasteiger partial charge on any atom is 0.248 e. The van der Waals surface area contributed by atoms with Gasteiger partial charge in [-0.05, 0) is 17.7 Å². The summed E-state index contributed by atoms with van der Waals surface area (Å²) in [6.07, 6.45) is 15.5. The summed E-state index contributed by atoms with van der Waals surface area (Å²) >= 11 is 0. The fourth-order valence-corrected chi connectivity index (χ4v) is 1.55. The van der Waals surface area contributed by atoms with Crippen molar-refractivity contribution < 1.29 is 4.79 Å². The molecule has 2 heteroatoms. The molecule has 1 atom stereocenters. The Morgan fingerprint density at radius 1 is 1.21 bits per heavy atom. The third-order valence-corrected chi connectivity index (χ3v) is 2.30. The second-order valence-electron chi connectivity index (χ2n) is 3.29. The van der Waals surface area contributed by atoms with E-state index in [1.807, 2.05) is 36.5 Å². The highest BCUT2D eigenvalue weighted by molar-refractivity contribution is 5.95. The van der Waals surface area contributed by atoms with Crippen molar-refractivity contribution in [3.8, 4) is 0 Å². The van der Waals surface area contributed by atoms with Gasteiger partial charge in [0.05, 0.1) is 0 Å². The van der Waals surface area contributed by atoms with Crippen LogP contribution in [0.25, 0.3) is 0 Å². The van der Waals surface area contributed by atoms with Crippen LogP contribution in [0.15, 0.2) is 59.8 Å². The molecule has 0 fully saturated rings. The minimum absolute atomic E-state index is 0.271. The molecule has 14 heavy (non-hydrogen) atoms. The first-order chi connectivity index (χ1) is 6.77. The number of allylic oxidation sites excluding steroid dienone is 8. The van der Waals surface area contributed by atoms with Gasteiger partial charge in [-0.15, -0.1) is 0 Å².